The molecule has 4 aromatic rings. The molecule has 3 amide bonds. The largest absolute Gasteiger partial charge is 0.345 e. The van der Waals surface area contributed by atoms with Crippen LogP contribution in [-0.2, 0) is 27.3 Å². The molecule has 42 heavy (non-hydrogen) atoms. The van der Waals surface area contributed by atoms with E-state index < -0.39 is 12.1 Å². The van der Waals surface area contributed by atoms with E-state index >= 15 is 0 Å². The standard InChI is InChI=1S/C31H35N7O3S/c1-21-30-34-29(22-9-3-2-4-10-22)35-38(30)20-19-36(17-8-14-28(40)37-18-7-12-24(37)31(41)32-21)27(39)16-15-26-33-23-11-5-6-13-25(23)42-26/h2-6,9-11,13,21,24H,7-8,12,14-20H2,1H3,(H,32,41)/t21-,24-/m0/s1. The molecule has 4 heterocycles. The number of nitrogens with zero attached hydrogens (tertiary/aromatic N) is 6. The number of nitrogens with one attached hydrogen (secondary N) is 1. The molecule has 0 spiro atoms. The highest BCUT2D eigenvalue weighted by molar-refractivity contribution is 7.18. The molecule has 0 radical (unpaired) electrons. The van der Waals surface area contributed by atoms with Crippen LogP contribution in [0.3, 0.4) is 0 Å². The van der Waals surface area contributed by atoms with Crippen molar-refractivity contribution in [1.82, 2.24) is 34.9 Å². The number of aromatic nitrogens is 4. The number of aryl methyl sites for hydroxylation is 1. The first kappa shape index (κ1) is 28.0. The predicted octanol–water partition coefficient (Wildman–Crippen LogP) is 3.98. The van der Waals surface area contributed by atoms with Crippen LogP contribution in [0.5, 0.6) is 0 Å². The summed E-state index contributed by atoms with van der Waals surface area (Å²) in [5, 5.41) is 8.83. The Balaban J connectivity index is 1.25. The van der Waals surface area contributed by atoms with E-state index in [0.29, 0.717) is 69.9 Å². The third kappa shape index (κ3) is 6.06. The molecule has 1 fully saturated rings. The lowest BCUT2D eigenvalue weighted by atomic mass is 10.1. The summed E-state index contributed by atoms with van der Waals surface area (Å²) in [5.41, 5.74) is 1.83. The number of fused-ring (bicyclic) bond motifs is 3. The molecule has 0 unspecified atom stereocenters. The Bertz CT molecular complexity index is 1550. The van der Waals surface area contributed by atoms with Crippen LogP contribution in [0.4, 0.5) is 0 Å². The number of hydrogen-bond acceptors (Lipinski definition) is 7. The van der Waals surface area contributed by atoms with E-state index in [-0.39, 0.29) is 17.7 Å². The first-order valence-electron chi connectivity index (χ1n) is 14.7. The average Bonchev–Trinajstić information content (AvgIpc) is 3.76. The lowest BCUT2D eigenvalue weighted by Gasteiger charge is -2.28. The number of rotatable bonds is 4. The quantitative estimate of drug-likeness (QED) is 0.388. The fraction of sp³-hybridized carbons (Fsp3) is 0.419. The molecule has 2 aromatic heterocycles. The Morgan fingerprint density at radius 3 is 2.62 bits per heavy atom. The van der Waals surface area contributed by atoms with E-state index in [1.54, 1.807) is 16.2 Å². The van der Waals surface area contributed by atoms with E-state index in [1.807, 2.05) is 71.1 Å². The summed E-state index contributed by atoms with van der Waals surface area (Å²) in [6, 6.07) is 16.8. The fourth-order valence-electron chi connectivity index (χ4n) is 5.80. The number of thiazole rings is 1. The van der Waals surface area contributed by atoms with Gasteiger partial charge < -0.3 is 15.1 Å². The van der Waals surface area contributed by atoms with Crippen molar-refractivity contribution in [2.45, 2.75) is 64.1 Å². The molecule has 0 aliphatic carbocycles. The second-order valence-electron chi connectivity index (χ2n) is 10.9. The fourth-order valence-corrected chi connectivity index (χ4v) is 6.77. The molecule has 2 aliphatic heterocycles. The molecule has 0 saturated carbocycles. The minimum Gasteiger partial charge on any atom is -0.345 e. The third-order valence-corrected chi connectivity index (χ3v) is 9.09. The number of carbonyl (C=O) groups is 3. The van der Waals surface area contributed by atoms with Crippen LogP contribution in [0, 0.1) is 0 Å². The van der Waals surface area contributed by atoms with Gasteiger partial charge in [-0.05, 0) is 38.3 Å². The van der Waals surface area contributed by atoms with Gasteiger partial charge in [-0.1, -0.05) is 42.5 Å². The van der Waals surface area contributed by atoms with Crippen molar-refractivity contribution in [2.75, 3.05) is 19.6 Å². The van der Waals surface area contributed by atoms with Crippen LogP contribution in [-0.4, -0.2) is 72.9 Å². The average molecular weight is 586 g/mol. The van der Waals surface area contributed by atoms with Gasteiger partial charge in [0.05, 0.1) is 27.8 Å². The van der Waals surface area contributed by atoms with Gasteiger partial charge in [0.15, 0.2) is 5.82 Å². The molecule has 2 atom stereocenters. The van der Waals surface area contributed by atoms with Gasteiger partial charge in [-0.2, -0.15) is 5.10 Å². The zero-order valence-electron chi connectivity index (χ0n) is 23.7. The van der Waals surface area contributed by atoms with E-state index in [4.69, 9.17) is 10.1 Å². The number of amides is 3. The summed E-state index contributed by atoms with van der Waals surface area (Å²) >= 11 is 1.62. The van der Waals surface area contributed by atoms with E-state index in [2.05, 4.69) is 10.3 Å². The monoisotopic (exact) mass is 585 g/mol. The van der Waals surface area contributed by atoms with E-state index in [9.17, 15) is 14.4 Å². The van der Waals surface area contributed by atoms with Crippen LogP contribution in [0.25, 0.3) is 21.6 Å². The minimum absolute atomic E-state index is 0.0270. The first-order valence-corrected chi connectivity index (χ1v) is 15.5. The highest BCUT2D eigenvalue weighted by Crippen LogP contribution is 2.24. The molecular formula is C31H35N7O3S. The van der Waals surface area contributed by atoms with Crippen molar-refractivity contribution in [1.29, 1.82) is 0 Å². The predicted molar refractivity (Wildman–Crippen MR) is 161 cm³/mol. The van der Waals surface area contributed by atoms with Gasteiger partial charge in [0, 0.05) is 44.5 Å². The Hall–Kier alpha value is -4.12. The molecule has 10 nitrogen and oxygen atoms in total. The SMILES string of the molecule is C[C@@H]1NC(=O)[C@@H]2CCCN2C(=O)CCCN(C(=O)CCc2nc3ccccc3s2)CCn2nc(-c3ccccc3)nc21. The maximum Gasteiger partial charge on any atom is 0.243 e. The van der Waals surface area contributed by atoms with Crippen LogP contribution < -0.4 is 5.32 Å². The maximum atomic E-state index is 13.5. The highest BCUT2D eigenvalue weighted by atomic mass is 32.1. The Kier molecular flexibility index (Phi) is 8.27. The van der Waals surface area contributed by atoms with Crippen molar-refractivity contribution in [3.05, 3.63) is 65.4 Å². The molecular weight excluding hydrogens is 550 g/mol. The normalized spacial score (nSPS) is 20.2. The van der Waals surface area contributed by atoms with Crippen molar-refractivity contribution >= 4 is 39.3 Å². The zero-order valence-corrected chi connectivity index (χ0v) is 24.6. The van der Waals surface area contributed by atoms with Crippen molar-refractivity contribution in [2.24, 2.45) is 0 Å². The molecule has 1 N–H and O–H groups in total. The number of hydrogen-bond donors (Lipinski definition) is 1. The van der Waals surface area contributed by atoms with Crippen LogP contribution in [0.15, 0.2) is 54.6 Å². The Morgan fingerprint density at radius 1 is 0.976 bits per heavy atom. The summed E-state index contributed by atoms with van der Waals surface area (Å²) in [6.07, 6.45) is 3.18. The Morgan fingerprint density at radius 2 is 1.79 bits per heavy atom. The molecule has 11 heteroatoms. The second kappa shape index (κ2) is 12.4. The molecule has 0 bridgehead atoms. The van der Waals surface area contributed by atoms with Gasteiger partial charge in [-0.25, -0.2) is 14.6 Å². The smallest absolute Gasteiger partial charge is 0.243 e. The van der Waals surface area contributed by atoms with E-state index in [0.717, 1.165) is 27.2 Å². The highest BCUT2D eigenvalue weighted by Gasteiger charge is 2.35. The minimum atomic E-state index is -0.487. The van der Waals surface area contributed by atoms with Gasteiger partial charge in [-0.3, -0.25) is 14.4 Å². The summed E-state index contributed by atoms with van der Waals surface area (Å²) < 4.78 is 2.93. The zero-order chi connectivity index (χ0) is 29.1. The third-order valence-electron chi connectivity index (χ3n) is 8.00. The number of benzene rings is 2. The number of para-hydroxylation sites is 1. The Labute approximate surface area is 248 Å². The van der Waals surface area contributed by atoms with Crippen molar-refractivity contribution < 1.29 is 14.4 Å². The molecule has 2 aliphatic rings. The van der Waals surface area contributed by atoms with Gasteiger partial charge in [0.1, 0.15) is 11.9 Å². The summed E-state index contributed by atoms with van der Waals surface area (Å²) in [7, 11) is 0. The topological polar surface area (TPSA) is 113 Å². The van der Waals surface area contributed by atoms with E-state index in [1.165, 1.54) is 0 Å². The molecule has 2 aromatic carbocycles. The van der Waals surface area contributed by atoms with Crippen LogP contribution in [0.2, 0.25) is 0 Å². The first-order chi connectivity index (χ1) is 20.5. The number of carbonyl (C=O) groups excluding carboxylic acids is 3. The molecule has 218 valence electrons. The van der Waals surface area contributed by atoms with Gasteiger partial charge >= 0.3 is 0 Å². The maximum absolute atomic E-state index is 13.5. The van der Waals surface area contributed by atoms with Crippen LogP contribution in [0.1, 0.15) is 55.9 Å². The van der Waals surface area contributed by atoms with Crippen LogP contribution >= 0.6 is 11.3 Å². The lowest BCUT2D eigenvalue weighted by molar-refractivity contribution is -0.139. The van der Waals surface area contributed by atoms with Crippen molar-refractivity contribution in [3.63, 3.8) is 0 Å². The van der Waals surface area contributed by atoms with Gasteiger partial charge in [-0.15, -0.1) is 11.3 Å². The van der Waals surface area contributed by atoms with Gasteiger partial charge in [0.25, 0.3) is 0 Å². The van der Waals surface area contributed by atoms with Gasteiger partial charge in [0.2, 0.25) is 17.7 Å². The molecule has 6 rings (SSSR count). The summed E-state index contributed by atoms with van der Waals surface area (Å²) in [6.45, 7) is 3.77. The molecule has 1 saturated heterocycles. The summed E-state index contributed by atoms with van der Waals surface area (Å²) in [5.74, 6) is 1.03. The second-order valence-corrected chi connectivity index (χ2v) is 12.0. The summed E-state index contributed by atoms with van der Waals surface area (Å²) in [4.78, 5) is 53.0. The lowest BCUT2D eigenvalue weighted by Crippen LogP contribution is -2.47. The van der Waals surface area contributed by atoms with Crippen molar-refractivity contribution in [3.8, 4) is 11.4 Å².